The van der Waals surface area contributed by atoms with Gasteiger partial charge in [0.1, 0.15) is 0 Å². The van der Waals surface area contributed by atoms with Gasteiger partial charge in [0.2, 0.25) is 9.84 Å². The number of benzene rings is 2. The maximum absolute atomic E-state index is 12.6. The normalized spacial score (nSPS) is 12.8. The third-order valence-electron chi connectivity index (χ3n) is 2.80. The summed E-state index contributed by atoms with van der Waals surface area (Å²) in [5.74, 6) is 0. The van der Waals surface area contributed by atoms with E-state index in [1.807, 2.05) is 30.3 Å². The Morgan fingerprint density at radius 1 is 0.900 bits per heavy atom. The number of hydrogen-bond donors (Lipinski definition) is 0. The second-order valence-electron chi connectivity index (χ2n) is 4.27. The molecule has 2 nitrogen and oxygen atoms in total. The molecule has 0 saturated carbocycles. The summed E-state index contributed by atoms with van der Waals surface area (Å²) in [5.41, 5.74) is 0.861. The Hall–Kier alpha value is -2.13. The van der Waals surface area contributed by atoms with Crippen LogP contribution < -0.4 is 0 Å². The van der Waals surface area contributed by atoms with Crippen LogP contribution in [0, 0.1) is 0 Å². The van der Waals surface area contributed by atoms with Gasteiger partial charge in [-0.1, -0.05) is 54.6 Å². The molecule has 3 heteroatoms. The number of sulfone groups is 1. The highest BCUT2D eigenvalue weighted by atomic mass is 32.2. The molecule has 2 rings (SSSR count). The van der Waals surface area contributed by atoms with E-state index < -0.39 is 9.84 Å². The molecule has 0 fully saturated rings. The second-order valence-corrected chi connectivity index (χ2v) is 6.22. The first-order chi connectivity index (χ1) is 9.64. The summed E-state index contributed by atoms with van der Waals surface area (Å²) in [4.78, 5) is 0.595. The molecular weight excluding hydrogens is 268 g/mol. The fourth-order valence-electron chi connectivity index (χ4n) is 1.83. The molecule has 0 N–H and O–H groups in total. The molecule has 0 atom stereocenters. The Labute approximate surface area is 120 Å². The molecule has 0 spiro atoms. The first kappa shape index (κ1) is 14.3. The first-order valence-corrected chi connectivity index (χ1v) is 7.82. The molecule has 0 unspecified atom stereocenters. The van der Waals surface area contributed by atoms with Gasteiger partial charge in [-0.2, -0.15) is 0 Å². The van der Waals surface area contributed by atoms with E-state index >= 15 is 0 Å². The minimum Gasteiger partial charge on any atom is -0.219 e. The summed E-state index contributed by atoms with van der Waals surface area (Å²) >= 11 is 0. The predicted octanol–water partition coefficient (Wildman–Crippen LogP) is 4.08. The van der Waals surface area contributed by atoms with E-state index in [1.165, 1.54) is 0 Å². The van der Waals surface area contributed by atoms with Gasteiger partial charge in [0.05, 0.1) is 9.80 Å². The van der Waals surface area contributed by atoms with Gasteiger partial charge in [0.15, 0.2) is 0 Å². The van der Waals surface area contributed by atoms with Crippen molar-refractivity contribution in [3.63, 3.8) is 0 Å². The Morgan fingerprint density at radius 2 is 1.45 bits per heavy atom. The van der Waals surface area contributed by atoms with E-state index in [1.54, 1.807) is 55.5 Å². The maximum atomic E-state index is 12.6. The van der Waals surface area contributed by atoms with Crippen molar-refractivity contribution in [1.82, 2.24) is 0 Å². The molecule has 20 heavy (non-hydrogen) atoms. The number of hydrogen-bond acceptors (Lipinski definition) is 2. The highest BCUT2D eigenvalue weighted by Crippen LogP contribution is 2.22. The second kappa shape index (κ2) is 6.35. The molecule has 0 aliphatic heterocycles. The van der Waals surface area contributed by atoms with E-state index in [0.717, 1.165) is 5.56 Å². The smallest absolute Gasteiger partial charge is 0.206 e. The third kappa shape index (κ3) is 3.25. The molecule has 0 aromatic heterocycles. The van der Waals surface area contributed by atoms with Crippen LogP contribution in [0.3, 0.4) is 0 Å². The maximum Gasteiger partial charge on any atom is 0.206 e. The number of rotatable bonds is 4. The summed E-state index contributed by atoms with van der Waals surface area (Å²) < 4.78 is 25.2. The summed E-state index contributed by atoms with van der Waals surface area (Å²) in [5, 5.41) is 0. The zero-order chi connectivity index (χ0) is 14.4. The lowest BCUT2D eigenvalue weighted by molar-refractivity contribution is 0.603. The third-order valence-corrected chi connectivity index (χ3v) is 4.57. The van der Waals surface area contributed by atoms with Crippen LogP contribution >= 0.6 is 0 Å². The number of allylic oxidation sites excluding steroid dienone is 2. The van der Waals surface area contributed by atoms with Gasteiger partial charge in [-0.25, -0.2) is 8.42 Å². The minimum absolute atomic E-state index is 0.289. The summed E-state index contributed by atoms with van der Waals surface area (Å²) in [6, 6.07) is 17.9. The highest BCUT2D eigenvalue weighted by molar-refractivity contribution is 7.95. The van der Waals surface area contributed by atoms with Crippen LogP contribution in [0.4, 0.5) is 0 Å². The first-order valence-electron chi connectivity index (χ1n) is 6.34. The van der Waals surface area contributed by atoms with Gasteiger partial charge in [0.25, 0.3) is 0 Å². The fraction of sp³-hybridized carbons (Fsp3) is 0.0588. The van der Waals surface area contributed by atoms with E-state index in [9.17, 15) is 8.42 Å². The SMILES string of the molecule is C/C=C/C(=C\c1ccccc1)S(=O)(=O)c1ccccc1. The average Bonchev–Trinajstić information content (AvgIpc) is 2.49. The standard InChI is InChI=1S/C17H16O2S/c1-2-9-17(14-15-10-5-3-6-11-15)20(18,19)16-12-7-4-8-13-16/h2-14H,1H3/b9-2+,17-14+. The Bertz CT molecular complexity index is 712. The lowest BCUT2D eigenvalue weighted by Crippen LogP contribution is -2.03. The Balaban J connectivity index is 2.52. The van der Waals surface area contributed by atoms with E-state index in [-0.39, 0.29) is 4.91 Å². The van der Waals surface area contributed by atoms with Crippen molar-refractivity contribution < 1.29 is 8.42 Å². The van der Waals surface area contributed by atoms with Crippen LogP contribution in [-0.2, 0) is 9.84 Å². The van der Waals surface area contributed by atoms with E-state index in [0.29, 0.717) is 4.90 Å². The van der Waals surface area contributed by atoms with E-state index in [4.69, 9.17) is 0 Å². The summed E-state index contributed by atoms with van der Waals surface area (Å²) in [6.07, 6.45) is 5.03. The van der Waals surface area contributed by atoms with Crippen molar-refractivity contribution in [1.29, 1.82) is 0 Å². The Morgan fingerprint density at radius 3 is 2.00 bits per heavy atom. The van der Waals surface area contributed by atoms with Crippen molar-refractivity contribution in [3.05, 3.63) is 83.3 Å². The van der Waals surface area contributed by atoms with Crippen molar-refractivity contribution in [2.45, 2.75) is 11.8 Å². The molecule has 0 aliphatic carbocycles. The monoisotopic (exact) mass is 284 g/mol. The largest absolute Gasteiger partial charge is 0.219 e. The molecule has 0 radical (unpaired) electrons. The summed E-state index contributed by atoms with van der Waals surface area (Å²) in [7, 11) is -3.49. The summed E-state index contributed by atoms with van der Waals surface area (Å²) in [6.45, 7) is 1.80. The Kier molecular flexibility index (Phi) is 4.53. The average molecular weight is 284 g/mol. The molecule has 2 aromatic rings. The minimum atomic E-state index is -3.49. The van der Waals surface area contributed by atoms with Gasteiger partial charge < -0.3 is 0 Å². The van der Waals surface area contributed by atoms with Gasteiger partial charge in [-0.15, -0.1) is 0 Å². The zero-order valence-electron chi connectivity index (χ0n) is 11.2. The van der Waals surface area contributed by atoms with Crippen LogP contribution in [0.25, 0.3) is 6.08 Å². The molecule has 0 amide bonds. The molecule has 0 aliphatic rings. The van der Waals surface area contributed by atoms with Gasteiger partial charge in [-0.3, -0.25) is 0 Å². The zero-order valence-corrected chi connectivity index (χ0v) is 12.0. The van der Waals surface area contributed by atoms with E-state index in [2.05, 4.69) is 0 Å². The molecule has 0 heterocycles. The van der Waals surface area contributed by atoms with Gasteiger partial charge >= 0.3 is 0 Å². The van der Waals surface area contributed by atoms with Crippen LogP contribution in [-0.4, -0.2) is 8.42 Å². The quantitative estimate of drug-likeness (QED) is 0.793. The van der Waals surface area contributed by atoms with Gasteiger partial charge in [-0.05, 0) is 36.8 Å². The molecule has 102 valence electrons. The molecular formula is C17H16O2S. The van der Waals surface area contributed by atoms with Gasteiger partial charge in [0, 0.05) is 0 Å². The lowest BCUT2D eigenvalue weighted by Gasteiger charge is -2.05. The van der Waals surface area contributed by atoms with Crippen LogP contribution in [0.15, 0.2) is 82.6 Å². The molecule has 2 aromatic carbocycles. The fourth-order valence-corrected chi connectivity index (χ4v) is 3.22. The highest BCUT2D eigenvalue weighted by Gasteiger charge is 2.17. The van der Waals surface area contributed by atoms with Crippen molar-refractivity contribution >= 4 is 15.9 Å². The van der Waals surface area contributed by atoms with Crippen LogP contribution in [0.2, 0.25) is 0 Å². The molecule has 0 saturated heterocycles. The van der Waals surface area contributed by atoms with Crippen molar-refractivity contribution in [2.75, 3.05) is 0 Å². The van der Waals surface area contributed by atoms with Crippen molar-refractivity contribution in [2.24, 2.45) is 0 Å². The lowest BCUT2D eigenvalue weighted by atomic mass is 10.2. The topological polar surface area (TPSA) is 34.1 Å². The van der Waals surface area contributed by atoms with Crippen LogP contribution in [0.5, 0.6) is 0 Å². The van der Waals surface area contributed by atoms with Crippen molar-refractivity contribution in [3.8, 4) is 0 Å². The van der Waals surface area contributed by atoms with Crippen LogP contribution in [0.1, 0.15) is 12.5 Å². The predicted molar refractivity (Wildman–Crippen MR) is 82.9 cm³/mol. The molecule has 0 bridgehead atoms.